The average molecular weight is 205 g/mol. The lowest BCUT2D eigenvalue weighted by Gasteiger charge is -2.20. The van der Waals surface area contributed by atoms with Crippen molar-refractivity contribution in [3.63, 3.8) is 0 Å². The predicted octanol–water partition coefficient (Wildman–Crippen LogP) is 3.61. The van der Waals surface area contributed by atoms with Crippen LogP contribution >= 0.6 is 0 Å². The highest BCUT2D eigenvalue weighted by atomic mass is 19.1. The van der Waals surface area contributed by atoms with Gasteiger partial charge in [0.1, 0.15) is 0 Å². The van der Waals surface area contributed by atoms with E-state index < -0.39 is 0 Å². The van der Waals surface area contributed by atoms with Crippen molar-refractivity contribution in [2.75, 3.05) is 0 Å². The normalized spacial score (nSPS) is 12.3. The van der Waals surface area contributed by atoms with Crippen LogP contribution < -0.4 is 0 Å². The number of nitrogens with zero attached hydrogens (tertiary/aromatic N) is 1. The van der Waals surface area contributed by atoms with Crippen molar-refractivity contribution in [2.24, 2.45) is 7.05 Å². The van der Waals surface area contributed by atoms with Gasteiger partial charge in [0.05, 0.1) is 5.52 Å². The first kappa shape index (κ1) is 10.2. The summed E-state index contributed by atoms with van der Waals surface area (Å²) in [6, 6.07) is 5.81. The van der Waals surface area contributed by atoms with Crippen LogP contribution in [0.5, 0.6) is 0 Å². The van der Waals surface area contributed by atoms with Crippen molar-refractivity contribution in [2.45, 2.75) is 26.2 Å². The molecule has 2 aromatic rings. The number of aromatic nitrogens is 1. The molecule has 0 bridgehead atoms. The zero-order valence-electron chi connectivity index (χ0n) is 9.63. The minimum Gasteiger partial charge on any atom is -0.348 e. The Morgan fingerprint density at radius 2 is 1.80 bits per heavy atom. The number of benzene rings is 1. The van der Waals surface area contributed by atoms with Gasteiger partial charge in [-0.25, -0.2) is 4.39 Å². The fraction of sp³-hybridized carbons (Fsp3) is 0.385. The van der Waals surface area contributed by atoms with Crippen LogP contribution in [0.25, 0.3) is 10.9 Å². The molecule has 0 aliphatic heterocycles. The summed E-state index contributed by atoms with van der Waals surface area (Å²) in [5.41, 5.74) is 1.32. The van der Waals surface area contributed by atoms with Crippen molar-refractivity contribution < 1.29 is 4.39 Å². The topological polar surface area (TPSA) is 4.93 Å². The summed E-state index contributed by atoms with van der Waals surface area (Å²) in [6.07, 6.45) is 1.89. The number of aryl methyl sites for hydroxylation is 1. The van der Waals surface area contributed by atoms with Crippen molar-refractivity contribution in [3.8, 4) is 0 Å². The summed E-state index contributed by atoms with van der Waals surface area (Å²) >= 11 is 0. The molecule has 0 aliphatic carbocycles. The molecule has 0 unspecified atom stereocenters. The Hall–Kier alpha value is -1.31. The summed E-state index contributed by atoms with van der Waals surface area (Å²) < 4.78 is 16.1. The van der Waals surface area contributed by atoms with Crippen LogP contribution in [0.4, 0.5) is 4.39 Å². The van der Waals surface area contributed by atoms with E-state index in [2.05, 4.69) is 0 Å². The highest BCUT2D eigenvalue weighted by Crippen LogP contribution is 2.30. The van der Waals surface area contributed by atoms with Crippen molar-refractivity contribution in [1.82, 2.24) is 4.57 Å². The molecule has 1 nitrogen and oxygen atoms in total. The van der Waals surface area contributed by atoms with Gasteiger partial charge in [-0.05, 0) is 17.0 Å². The van der Waals surface area contributed by atoms with Gasteiger partial charge in [-0.15, -0.1) is 0 Å². The molecule has 2 heteroatoms. The van der Waals surface area contributed by atoms with E-state index in [9.17, 15) is 4.39 Å². The second-order valence-corrected chi connectivity index (χ2v) is 5.04. The maximum absolute atomic E-state index is 14.2. The SMILES string of the molecule is Cn1ccc2ccc(C(C)(C)C)c(F)c21. The minimum absolute atomic E-state index is 0.0903. The van der Waals surface area contributed by atoms with Gasteiger partial charge in [-0.3, -0.25) is 0 Å². The largest absolute Gasteiger partial charge is 0.348 e. The van der Waals surface area contributed by atoms with Gasteiger partial charge in [0.25, 0.3) is 0 Å². The highest BCUT2D eigenvalue weighted by molar-refractivity contribution is 5.81. The second-order valence-electron chi connectivity index (χ2n) is 5.04. The zero-order valence-corrected chi connectivity index (χ0v) is 9.63. The Balaban J connectivity index is 2.80. The van der Waals surface area contributed by atoms with Gasteiger partial charge in [0.15, 0.2) is 5.82 Å². The minimum atomic E-state index is -0.150. The van der Waals surface area contributed by atoms with Crippen LogP contribution in [0, 0.1) is 5.82 Å². The van der Waals surface area contributed by atoms with Crippen LogP contribution in [-0.4, -0.2) is 4.57 Å². The Labute approximate surface area is 89.5 Å². The van der Waals surface area contributed by atoms with E-state index >= 15 is 0 Å². The predicted molar refractivity (Wildman–Crippen MR) is 61.6 cm³/mol. The molecule has 0 fully saturated rings. The number of hydrogen-bond acceptors (Lipinski definition) is 0. The maximum Gasteiger partial charge on any atom is 0.151 e. The molecule has 0 radical (unpaired) electrons. The Kier molecular flexibility index (Phi) is 2.10. The van der Waals surface area contributed by atoms with Crippen LogP contribution in [0.3, 0.4) is 0 Å². The van der Waals surface area contributed by atoms with E-state index in [4.69, 9.17) is 0 Å². The van der Waals surface area contributed by atoms with E-state index in [0.717, 1.165) is 10.9 Å². The number of halogens is 1. The van der Waals surface area contributed by atoms with Crippen LogP contribution in [0.2, 0.25) is 0 Å². The third-order valence-electron chi connectivity index (χ3n) is 2.79. The van der Waals surface area contributed by atoms with Crippen molar-refractivity contribution in [3.05, 3.63) is 35.8 Å². The lowest BCUT2D eigenvalue weighted by Crippen LogP contribution is -2.14. The first-order valence-corrected chi connectivity index (χ1v) is 5.15. The van der Waals surface area contributed by atoms with Gasteiger partial charge in [-0.1, -0.05) is 32.9 Å². The molecule has 15 heavy (non-hydrogen) atoms. The zero-order chi connectivity index (χ0) is 11.2. The second kappa shape index (κ2) is 3.09. The Morgan fingerprint density at radius 3 is 2.40 bits per heavy atom. The van der Waals surface area contributed by atoms with E-state index in [0.29, 0.717) is 5.52 Å². The monoisotopic (exact) mass is 205 g/mol. The molecule has 0 saturated heterocycles. The average Bonchev–Trinajstić information content (AvgIpc) is 2.46. The molecule has 1 aromatic heterocycles. The van der Waals surface area contributed by atoms with E-state index in [-0.39, 0.29) is 11.2 Å². The standard InChI is InChI=1S/C13H16FN/c1-13(2,3)10-6-5-9-7-8-15(4)12(9)11(10)14/h5-8H,1-4H3. The molecule has 0 N–H and O–H groups in total. The lowest BCUT2D eigenvalue weighted by atomic mass is 9.86. The van der Waals surface area contributed by atoms with Gasteiger partial charge in [0, 0.05) is 18.6 Å². The molecule has 0 atom stereocenters. The van der Waals surface area contributed by atoms with E-state index in [1.54, 1.807) is 0 Å². The molecule has 0 saturated carbocycles. The fourth-order valence-electron chi connectivity index (χ4n) is 1.92. The third-order valence-corrected chi connectivity index (χ3v) is 2.79. The summed E-state index contributed by atoms with van der Waals surface area (Å²) in [7, 11) is 1.87. The van der Waals surface area contributed by atoms with Crippen LogP contribution in [0.1, 0.15) is 26.3 Å². The molecule has 0 amide bonds. The summed E-state index contributed by atoms with van der Waals surface area (Å²) in [5, 5.41) is 0.961. The number of hydrogen-bond donors (Lipinski definition) is 0. The van der Waals surface area contributed by atoms with E-state index in [1.807, 2.05) is 56.8 Å². The van der Waals surface area contributed by atoms with Gasteiger partial charge < -0.3 is 4.57 Å². The van der Waals surface area contributed by atoms with E-state index in [1.165, 1.54) is 0 Å². The number of rotatable bonds is 0. The van der Waals surface area contributed by atoms with Gasteiger partial charge >= 0.3 is 0 Å². The number of fused-ring (bicyclic) bond motifs is 1. The quantitative estimate of drug-likeness (QED) is 0.619. The molecule has 80 valence electrons. The third kappa shape index (κ3) is 1.54. The van der Waals surface area contributed by atoms with Crippen LogP contribution in [0.15, 0.2) is 24.4 Å². The highest BCUT2D eigenvalue weighted by Gasteiger charge is 2.20. The fourth-order valence-corrected chi connectivity index (χ4v) is 1.92. The first-order chi connectivity index (χ1) is 6.91. The van der Waals surface area contributed by atoms with Crippen molar-refractivity contribution >= 4 is 10.9 Å². The molecule has 0 aliphatic rings. The summed E-state index contributed by atoms with van der Waals surface area (Å²) in [6.45, 7) is 6.08. The summed E-state index contributed by atoms with van der Waals surface area (Å²) in [4.78, 5) is 0. The Bertz CT molecular complexity index is 503. The molecular weight excluding hydrogens is 189 g/mol. The molecular formula is C13H16FN. The van der Waals surface area contributed by atoms with Crippen molar-refractivity contribution in [1.29, 1.82) is 0 Å². The molecule has 2 rings (SSSR count). The lowest BCUT2D eigenvalue weighted by molar-refractivity contribution is 0.526. The smallest absolute Gasteiger partial charge is 0.151 e. The van der Waals surface area contributed by atoms with Gasteiger partial charge in [0.2, 0.25) is 0 Å². The maximum atomic E-state index is 14.2. The molecule has 1 aromatic carbocycles. The summed E-state index contributed by atoms with van der Waals surface area (Å²) in [5.74, 6) is -0.0903. The molecule has 0 spiro atoms. The molecule has 1 heterocycles. The van der Waals surface area contributed by atoms with Gasteiger partial charge in [-0.2, -0.15) is 0 Å². The Morgan fingerprint density at radius 1 is 1.13 bits per heavy atom. The first-order valence-electron chi connectivity index (χ1n) is 5.15. The van der Waals surface area contributed by atoms with Crippen LogP contribution in [-0.2, 0) is 12.5 Å².